The lowest BCUT2D eigenvalue weighted by Crippen LogP contribution is -2.65. The van der Waals surface area contributed by atoms with Crippen LogP contribution in [0.2, 0.25) is 0 Å². The van der Waals surface area contributed by atoms with Crippen molar-refractivity contribution in [3.05, 3.63) is 0 Å². The number of amides is 2. The third-order valence-corrected chi connectivity index (χ3v) is 12.0. The van der Waals surface area contributed by atoms with Crippen molar-refractivity contribution < 1.29 is 24.2 Å². The number of β-amino-alcohol motifs (C(OH)–C–C–N with tert-alkyl or cyclic N) is 1. The molecule has 8 unspecified atom stereocenters. The predicted molar refractivity (Wildman–Crippen MR) is 180 cm³/mol. The Bertz CT molecular complexity index is 1020. The maximum atomic E-state index is 13.5. The normalized spacial score (nSPS) is 36.6. The molecule has 0 aromatic rings. The molecule has 4 aliphatic heterocycles. The van der Waals surface area contributed by atoms with Gasteiger partial charge in [-0.15, -0.1) is 0 Å². The number of aliphatic hydroxyl groups is 1. The first-order chi connectivity index (χ1) is 22.7. The zero-order valence-electron chi connectivity index (χ0n) is 29.2. The first-order valence-electron chi connectivity index (χ1n) is 18.9. The number of piperazine rings is 1. The van der Waals surface area contributed by atoms with Crippen molar-refractivity contribution in [2.75, 3.05) is 65.7 Å². The summed E-state index contributed by atoms with van der Waals surface area (Å²) < 4.78 is 12.0. The quantitative estimate of drug-likeness (QED) is 0.206. The number of nitrogens with zero attached hydrogens (tertiary/aromatic N) is 3. The maximum absolute atomic E-state index is 13.5. The summed E-state index contributed by atoms with van der Waals surface area (Å²) in [5, 5.41) is 25.0. The van der Waals surface area contributed by atoms with Crippen LogP contribution in [0.3, 0.4) is 0 Å². The monoisotopic (exact) mass is 661 g/mol. The molecule has 6 rings (SSSR count). The third kappa shape index (κ3) is 9.45. The Morgan fingerprint density at radius 2 is 1.81 bits per heavy atom. The summed E-state index contributed by atoms with van der Waals surface area (Å²) >= 11 is 0. The van der Waals surface area contributed by atoms with Crippen molar-refractivity contribution in [1.29, 1.82) is 0 Å². The van der Waals surface area contributed by atoms with Gasteiger partial charge in [0.2, 0.25) is 11.8 Å². The van der Waals surface area contributed by atoms with E-state index in [9.17, 15) is 14.7 Å². The second-order valence-corrected chi connectivity index (χ2v) is 15.8. The van der Waals surface area contributed by atoms with Crippen LogP contribution < -0.4 is 21.3 Å². The van der Waals surface area contributed by atoms with Gasteiger partial charge >= 0.3 is 0 Å². The number of hydrogen-bond acceptors (Lipinski definition) is 10. The Balaban J connectivity index is 0.927. The molecular formula is C35H63N7O5. The van der Waals surface area contributed by atoms with Gasteiger partial charge in [0.15, 0.2) is 0 Å². The molecule has 268 valence electrons. The lowest BCUT2D eigenvalue weighted by molar-refractivity contribution is -0.137. The number of carbonyl (C=O) groups is 2. The van der Waals surface area contributed by atoms with E-state index in [1.54, 1.807) is 0 Å². The molecule has 6 aliphatic rings. The molecule has 12 heteroatoms. The number of fused-ring (bicyclic) bond motifs is 1. The average Bonchev–Trinajstić information content (AvgIpc) is 3.48. The molecule has 4 heterocycles. The van der Waals surface area contributed by atoms with Crippen LogP contribution in [0, 0.1) is 23.7 Å². The predicted octanol–water partition coefficient (Wildman–Crippen LogP) is 0.899. The maximum Gasteiger partial charge on any atom is 0.225 e. The van der Waals surface area contributed by atoms with Gasteiger partial charge in [0.05, 0.1) is 44.0 Å². The minimum absolute atomic E-state index is 0.0187. The number of piperidine rings is 2. The number of ether oxygens (including phenoxy) is 2. The van der Waals surface area contributed by atoms with Gasteiger partial charge in [0.1, 0.15) is 0 Å². The molecule has 2 saturated carbocycles. The molecule has 0 radical (unpaired) electrons. The summed E-state index contributed by atoms with van der Waals surface area (Å²) in [7, 11) is 0. The zero-order valence-corrected chi connectivity index (χ0v) is 29.2. The largest absolute Gasteiger partial charge is 0.390 e. The van der Waals surface area contributed by atoms with Crippen LogP contribution in [0.4, 0.5) is 0 Å². The van der Waals surface area contributed by atoms with Crippen LogP contribution in [0.15, 0.2) is 0 Å². The third-order valence-electron chi connectivity index (χ3n) is 12.0. The van der Waals surface area contributed by atoms with Crippen LogP contribution in [-0.2, 0) is 19.1 Å². The van der Waals surface area contributed by atoms with Gasteiger partial charge in [0.25, 0.3) is 0 Å². The summed E-state index contributed by atoms with van der Waals surface area (Å²) in [5.74, 6) is 1.52. The minimum Gasteiger partial charge on any atom is -0.390 e. The standard InChI is InChI=1S/C35H63N7O5/c1-23(2)35(45)42-13-11-41(12-14-42)33-17-27(16-32(39-33)38-28-5-4-6-28)34(44)36-18-29(43)20-40-10-9-25-15-30(8-7-26(25)19-40)46-21-31-24(3)37-22-47-31/h23-33,37-39,43H,4-22H2,1-3H3,(H,36,44)/t24?,25?,26?,27?,29-,30?,31?,32?,33?/m0/s1. The van der Waals surface area contributed by atoms with Crippen molar-refractivity contribution in [1.82, 2.24) is 36.0 Å². The van der Waals surface area contributed by atoms with E-state index in [1.807, 2.05) is 18.7 Å². The van der Waals surface area contributed by atoms with E-state index in [1.165, 1.54) is 25.7 Å². The zero-order chi connectivity index (χ0) is 32.9. The second kappa shape index (κ2) is 16.6. The molecule has 47 heavy (non-hydrogen) atoms. The van der Waals surface area contributed by atoms with Crippen molar-refractivity contribution in [2.45, 2.75) is 121 Å². The number of nitrogens with one attached hydrogen (secondary N) is 4. The molecule has 4 saturated heterocycles. The molecule has 0 spiro atoms. The van der Waals surface area contributed by atoms with E-state index in [0.29, 0.717) is 56.5 Å². The van der Waals surface area contributed by atoms with E-state index >= 15 is 0 Å². The van der Waals surface area contributed by atoms with Crippen LogP contribution >= 0.6 is 0 Å². The van der Waals surface area contributed by atoms with Gasteiger partial charge in [-0.3, -0.25) is 30.4 Å². The van der Waals surface area contributed by atoms with Gasteiger partial charge in [-0.25, -0.2) is 0 Å². The highest BCUT2D eigenvalue weighted by Crippen LogP contribution is 2.37. The topological polar surface area (TPSA) is 131 Å². The lowest BCUT2D eigenvalue weighted by Gasteiger charge is -2.46. The number of rotatable bonds is 12. The molecular weight excluding hydrogens is 598 g/mol. The first-order valence-corrected chi connectivity index (χ1v) is 18.9. The van der Waals surface area contributed by atoms with E-state index in [2.05, 4.69) is 38.0 Å². The van der Waals surface area contributed by atoms with Gasteiger partial charge < -0.3 is 29.7 Å². The van der Waals surface area contributed by atoms with Crippen molar-refractivity contribution >= 4 is 11.8 Å². The number of carbonyl (C=O) groups excluding carboxylic acids is 2. The van der Waals surface area contributed by atoms with E-state index in [4.69, 9.17) is 9.47 Å². The molecule has 12 nitrogen and oxygen atoms in total. The Morgan fingerprint density at radius 3 is 2.51 bits per heavy atom. The Kier molecular flexibility index (Phi) is 12.5. The Hall–Kier alpha value is -1.38. The van der Waals surface area contributed by atoms with Crippen LogP contribution in [0.25, 0.3) is 0 Å². The summed E-state index contributed by atoms with van der Waals surface area (Å²) in [5.41, 5.74) is 0. The van der Waals surface area contributed by atoms with Crippen LogP contribution in [0.1, 0.15) is 78.6 Å². The fourth-order valence-corrected chi connectivity index (χ4v) is 8.76. The van der Waals surface area contributed by atoms with Crippen molar-refractivity contribution in [3.8, 4) is 0 Å². The van der Waals surface area contributed by atoms with Gasteiger partial charge in [-0.1, -0.05) is 20.3 Å². The summed E-state index contributed by atoms with van der Waals surface area (Å²) in [6, 6.07) is 0.875. The molecule has 2 amide bonds. The second-order valence-electron chi connectivity index (χ2n) is 15.8. The number of likely N-dealkylation sites (tertiary alicyclic amines) is 1. The van der Waals surface area contributed by atoms with Crippen LogP contribution in [0.5, 0.6) is 0 Å². The summed E-state index contributed by atoms with van der Waals surface area (Å²) in [6.45, 7) is 13.4. The average molecular weight is 662 g/mol. The SMILES string of the molecule is CC(C)C(=O)N1CCN(C2CC(C(=O)NC[C@H](O)CN3CCC4CC(OCC5OCNC5C)CCC4C3)CC(NC3CCC3)N2)CC1. The molecule has 0 aromatic carbocycles. The fourth-order valence-electron chi connectivity index (χ4n) is 8.76. The molecule has 0 bridgehead atoms. The molecule has 6 fully saturated rings. The Labute approximate surface area is 282 Å². The first kappa shape index (κ1) is 35.4. The summed E-state index contributed by atoms with van der Waals surface area (Å²) in [4.78, 5) is 32.9. The highest BCUT2D eigenvalue weighted by Gasteiger charge is 2.39. The lowest BCUT2D eigenvalue weighted by atomic mass is 9.74. The highest BCUT2D eigenvalue weighted by molar-refractivity contribution is 5.79. The van der Waals surface area contributed by atoms with Gasteiger partial charge in [-0.05, 0) is 76.7 Å². The van der Waals surface area contributed by atoms with Crippen molar-refractivity contribution in [3.63, 3.8) is 0 Å². The van der Waals surface area contributed by atoms with Crippen molar-refractivity contribution in [2.24, 2.45) is 23.7 Å². The van der Waals surface area contributed by atoms with E-state index in [-0.39, 0.29) is 42.1 Å². The minimum atomic E-state index is -0.579. The molecule has 5 N–H and O–H groups in total. The smallest absolute Gasteiger partial charge is 0.225 e. The Morgan fingerprint density at radius 1 is 1.00 bits per heavy atom. The fraction of sp³-hybridized carbons (Fsp3) is 0.943. The molecule has 9 atom stereocenters. The van der Waals surface area contributed by atoms with Gasteiger partial charge in [-0.2, -0.15) is 0 Å². The molecule has 2 aliphatic carbocycles. The van der Waals surface area contributed by atoms with E-state index in [0.717, 1.165) is 71.4 Å². The van der Waals surface area contributed by atoms with Gasteiger partial charge in [0, 0.05) is 69.7 Å². The summed E-state index contributed by atoms with van der Waals surface area (Å²) in [6.07, 6.45) is 9.80. The molecule has 0 aromatic heterocycles. The number of hydrogen-bond donors (Lipinski definition) is 5. The number of aliphatic hydroxyl groups excluding tert-OH is 1. The van der Waals surface area contributed by atoms with E-state index < -0.39 is 6.10 Å². The highest BCUT2D eigenvalue weighted by atomic mass is 16.5. The van der Waals surface area contributed by atoms with Crippen LogP contribution in [-0.4, -0.2) is 140 Å².